The van der Waals surface area contributed by atoms with Gasteiger partial charge in [0.25, 0.3) is 0 Å². The molecular formula is C54H90NO10P. The van der Waals surface area contributed by atoms with Gasteiger partial charge in [-0.25, -0.2) is 4.57 Å². The molecule has 0 fully saturated rings. The van der Waals surface area contributed by atoms with Crippen LogP contribution in [0.2, 0.25) is 0 Å². The molecule has 0 aliphatic rings. The average molecular weight is 944 g/mol. The van der Waals surface area contributed by atoms with Crippen LogP contribution in [0, 0.1) is 0 Å². The molecule has 0 spiro atoms. The summed E-state index contributed by atoms with van der Waals surface area (Å²) < 4.78 is 32.8. The standard InChI is InChI=1S/C54H90NO10P/c1-3-5-7-9-11-13-15-17-19-21-23-25-27-29-31-33-35-37-39-41-43-45-52(56)62-47-50(48-63-66(60,61)64-49-51(55)54(58)59)65-53(57)46-44-42-40-38-36-34-32-30-28-26-24-22-20-18-16-14-12-10-8-6-4-2/h5-8,11-14,17-20,23-26,50-51H,3-4,9-10,15-16,21-22,27-49,55H2,1-2H3,(H,58,59)(H,60,61)/b7-5-,8-6-,13-11-,14-12-,19-17-,20-18-,25-23-,26-24-. The van der Waals surface area contributed by atoms with Crippen LogP contribution < -0.4 is 5.73 Å². The minimum absolute atomic E-state index is 0.144. The second kappa shape index (κ2) is 47.9. The van der Waals surface area contributed by atoms with Gasteiger partial charge < -0.3 is 25.2 Å². The molecule has 3 atom stereocenters. The van der Waals surface area contributed by atoms with E-state index in [0.29, 0.717) is 12.8 Å². The summed E-state index contributed by atoms with van der Waals surface area (Å²) in [5, 5.41) is 8.93. The van der Waals surface area contributed by atoms with Crippen molar-refractivity contribution in [2.75, 3.05) is 19.8 Å². The van der Waals surface area contributed by atoms with Crippen LogP contribution in [0.5, 0.6) is 0 Å². The molecule has 0 aromatic rings. The lowest BCUT2D eigenvalue weighted by molar-refractivity contribution is -0.161. The maximum Gasteiger partial charge on any atom is 0.472 e. The number of aliphatic carboxylic acids is 1. The van der Waals surface area contributed by atoms with Gasteiger partial charge in [0.15, 0.2) is 6.10 Å². The number of ether oxygens (including phenoxy) is 2. The number of hydrogen-bond acceptors (Lipinski definition) is 9. The molecule has 0 saturated heterocycles. The molecule has 66 heavy (non-hydrogen) atoms. The molecule has 4 N–H and O–H groups in total. The van der Waals surface area contributed by atoms with Gasteiger partial charge in [0.2, 0.25) is 0 Å². The smallest absolute Gasteiger partial charge is 0.472 e. The molecule has 0 aliphatic heterocycles. The quantitative estimate of drug-likeness (QED) is 0.0229. The molecular weight excluding hydrogens is 854 g/mol. The molecule has 376 valence electrons. The SMILES string of the molecule is CC/C=C\C/C=C\C/C=C\C/C=C\CCCCCCCCCCC(=O)OCC(COP(=O)(O)OCC(N)C(=O)O)OC(=O)CCCCCCCCCC/C=C\C/C=C\C/C=C\C/C=C\CC. The minimum Gasteiger partial charge on any atom is -0.480 e. The number of hydrogen-bond donors (Lipinski definition) is 3. The van der Waals surface area contributed by atoms with E-state index in [4.69, 9.17) is 24.8 Å². The van der Waals surface area contributed by atoms with Crippen molar-refractivity contribution in [3.8, 4) is 0 Å². The number of carbonyl (C=O) groups excluding carboxylic acids is 2. The maximum absolute atomic E-state index is 12.7. The first-order valence-corrected chi connectivity index (χ1v) is 26.8. The van der Waals surface area contributed by atoms with E-state index in [9.17, 15) is 23.8 Å². The van der Waals surface area contributed by atoms with Gasteiger partial charge >= 0.3 is 25.7 Å². The first-order valence-electron chi connectivity index (χ1n) is 25.3. The third-order valence-corrected chi connectivity index (χ3v) is 11.3. The van der Waals surface area contributed by atoms with Crippen LogP contribution in [0.3, 0.4) is 0 Å². The van der Waals surface area contributed by atoms with Gasteiger partial charge in [0.1, 0.15) is 12.6 Å². The van der Waals surface area contributed by atoms with Gasteiger partial charge in [-0.1, -0.05) is 188 Å². The summed E-state index contributed by atoms with van der Waals surface area (Å²) in [7, 11) is -4.73. The Kier molecular flexibility index (Phi) is 45.3. The number of allylic oxidation sites excluding steroid dienone is 16. The zero-order valence-electron chi connectivity index (χ0n) is 41.0. The Morgan fingerprint density at radius 3 is 1.20 bits per heavy atom. The highest BCUT2D eigenvalue weighted by Crippen LogP contribution is 2.43. The fraction of sp³-hybridized carbons (Fsp3) is 0.648. The monoisotopic (exact) mass is 944 g/mol. The van der Waals surface area contributed by atoms with Crippen molar-refractivity contribution in [1.82, 2.24) is 0 Å². The summed E-state index contributed by atoms with van der Waals surface area (Å²) in [5.74, 6) is -2.41. The molecule has 0 heterocycles. The first kappa shape index (κ1) is 62.4. The van der Waals surface area contributed by atoms with Crippen molar-refractivity contribution in [3.63, 3.8) is 0 Å². The Morgan fingerprint density at radius 1 is 0.470 bits per heavy atom. The highest BCUT2D eigenvalue weighted by atomic mass is 31.2. The van der Waals surface area contributed by atoms with Crippen LogP contribution in [-0.2, 0) is 37.5 Å². The zero-order valence-corrected chi connectivity index (χ0v) is 41.9. The average Bonchev–Trinajstić information content (AvgIpc) is 3.30. The summed E-state index contributed by atoms with van der Waals surface area (Å²) in [6, 6.07) is -1.53. The van der Waals surface area contributed by atoms with Crippen LogP contribution in [-0.4, -0.2) is 59.9 Å². The molecule has 0 saturated carbocycles. The molecule has 12 heteroatoms. The Morgan fingerprint density at radius 2 is 0.803 bits per heavy atom. The van der Waals surface area contributed by atoms with Gasteiger partial charge in [0.05, 0.1) is 13.2 Å². The van der Waals surface area contributed by atoms with E-state index >= 15 is 0 Å². The Hall–Kier alpha value is -3.60. The van der Waals surface area contributed by atoms with E-state index in [0.717, 1.165) is 109 Å². The summed E-state index contributed by atoms with van der Waals surface area (Å²) in [6.45, 7) is 2.57. The van der Waals surface area contributed by atoms with E-state index in [2.05, 4.69) is 116 Å². The lowest BCUT2D eigenvalue weighted by atomic mass is 10.1. The van der Waals surface area contributed by atoms with Gasteiger partial charge in [-0.2, -0.15) is 0 Å². The fourth-order valence-corrected chi connectivity index (χ4v) is 7.24. The molecule has 0 amide bonds. The molecule has 0 aliphatic carbocycles. The van der Waals surface area contributed by atoms with Gasteiger partial charge in [-0.3, -0.25) is 23.4 Å². The van der Waals surface area contributed by atoms with Gasteiger partial charge in [-0.05, 0) is 89.9 Å². The maximum atomic E-state index is 12.7. The van der Waals surface area contributed by atoms with Crippen LogP contribution in [0.1, 0.15) is 194 Å². The van der Waals surface area contributed by atoms with Crippen LogP contribution in [0.25, 0.3) is 0 Å². The topological polar surface area (TPSA) is 172 Å². The predicted molar refractivity (Wildman–Crippen MR) is 272 cm³/mol. The van der Waals surface area contributed by atoms with Crippen molar-refractivity contribution in [2.45, 2.75) is 206 Å². The number of carboxylic acid groups (broad SMARTS) is 1. The highest BCUT2D eigenvalue weighted by Gasteiger charge is 2.28. The number of carboxylic acids is 1. The van der Waals surface area contributed by atoms with Gasteiger partial charge in [0, 0.05) is 12.8 Å². The second-order valence-electron chi connectivity index (χ2n) is 16.5. The lowest BCUT2D eigenvalue weighted by Gasteiger charge is -2.20. The largest absolute Gasteiger partial charge is 0.480 e. The van der Waals surface area contributed by atoms with Crippen molar-refractivity contribution in [1.29, 1.82) is 0 Å². The second-order valence-corrected chi connectivity index (χ2v) is 18.0. The number of nitrogens with two attached hydrogens (primary N) is 1. The van der Waals surface area contributed by atoms with E-state index in [1.54, 1.807) is 0 Å². The Labute approximate surface area is 400 Å². The Bertz CT molecular complexity index is 1480. The zero-order chi connectivity index (χ0) is 48.4. The van der Waals surface area contributed by atoms with Gasteiger partial charge in [-0.15, -0.1) is 0 Å². The molecule has 3 unspecified atom stereocenters. The summed E-state index contributed by atoms with van der Waals surface area (Å²) in [5.41, 5.74) is 5.35. The van der Waals surface area contributed by atoms with E-state index in [-0.39, 0.29) is 19.4 Å². The van der Waals surface area contributed by atoms with Crippen molar-refractivity contribution >= 4 is 25.7 Å². The van der Waals surface area contributed by atoms with Crippen LogP contribution >= 0.6 is 7.82 Å². The van der Waals surface area contributed by atoms with Crippen LogP contribution in [0.4, 0.5) is 0 Å². The number of phosphoric ester groups is 1. The van der Waals surface area contributed by atoms with Crippen molar-refractivity contribution < 1.29 is 47.5 Å². The number of unbranched alkanes of at least 4 members (excludes halogenated alkanes) is 16. The number of carbonyl (C=O) groups is 3. The highest BCUT2D eigenvalue weighted by molar-refractivity contribution is 7.47. The molecule has 0 rings (SSSR count). The normalized spacial score (nSPS) is 14.4. The molecule has 0 aromatic carbocycles. The molecule has 0 bridgehead atoms. The van der Waals surface area contributed by atoms with E-state index in [1.165, 1.54) is 44.9 Å². The molecule has 0 aromatic heterocycles. The van der Waals surface area contributed by atoms with Crippen molar-refractivity contribution in [3.05, 3.63) is 97.2 Å². The predicted octanol–water partition coefficient (Wildman–Crippen LogP) is 14.4. The van der Waals surface area contributed by atoms with Crippen LogP contribution in [0.15, 0.2) is 97.2 Å². The summed E-state index contributed by atoms with van der Waals surface area (Å²) >= 11 is 0. The fourth-order valence-electron chi connectivity index (χ4n) is 6.46. The number of rotatable bonds is 46. The lowest BCUT2D eigenvalue weighted by Crippen LogP contribution is -2.34. The van der Waals surface area contributed by atoms with E-state index in [1.807, 2.05) is 0 Å². The van der Waals surface area contributed by atoms with E-state index < -0.39 is 51.1 Å². The van der Waals surface area contributed by atoms with Crippen molar-refractivity contribution in [2.24, 2.45) is 5.73 Å². The summed E-state index contributed by atoms with van der Waals surface area (Å²) in [6.07, 6.45) is 61.7. The number of phosphoric acid groups is 1. The minimum atomic E-state index is -4.73. The summed E-state index contributed by atoms with van der Waals surface area (Å²) in [4.78, 5) is 46.2. The molecule has 0 radical (unpaired) electrons. The Balaban J connectivity index is 4.30. The third-order valence-electron chi connectivity index (χ3n) is 10.3. The third kappa shape index (κ3) is 46.9. The first-order chi connectivity index (χ1) is 32.1. The molecule has 11 nitrogen and oxygen atoms in total. The number of esters is 2.